The Morgan fingerprint density at radius 2 is 1.96 bits per heavy atom. The lowest BCUT2D eigenvalue weighted by molar-refractivity contribution is -0.121. The molecule has 1 N–H and O–H groups in total. The van der Waals surface area contributed by atoms with E-state index >= 15 is 0 Å². The van der Waals surface area contributed by atoms with Crippen LogP contribution in [0.1, 0.15) is 19.4 Å². The molecule has 0 fully saturated rings. The van der Waals surface area contributed by atoms with Gasteiger partial charge >= 0.3 is 0 Å². The molecule has 0 spiro atoms. The lowest BCUT2D eigenvalue weighted by atomic mass is 10.1. The van der Waals surface area contributed by atoms with Crippen LogP contribution in [0.15, 0.2) is 42.5 Å². The molecule has 1 heterocycles. The van der Waals surface area contributed by atoms with Crippen molar-refractivity contribution in [2.24, 2.45) is 0 Å². The molecule has 0 saturated carbocycles. The standard InChI is InChI=1S/C20H22N2O4/c1-13(2)22-17-10-15(6-9-18(17)26-12-20(22)24)21-19(23)11-25-16-7-4-14(3)5-8-16/h4-10,13H,11-12H2,1-3H3,(H,21,23). The van der Waals surface area contributed by atoms with Crippen LogP contribution < -0.4 is 19.7 Å². The predicted molar refractivity (Wildman–Crippen MR) is 99.9 cm³/mol. The van der Waals surface area contributed by atoms with E-state index in [0.717, 1.165) is 5.56 Å². The third-order valence-corrected chi connectivity index (χ3v) is 4.03. The van der Waals surface area contributed by atoms with Gasteiger partial charge in [-0.3, -0.25) is 9.59 Å². The number of nitrogens with zero attached hydrogens (tertiary/aromatic N) is 1. The summed E-state index contributed by atoms with van der Waals surface area (Å²) in [6, 6.07) is 12.7. The molecule has 0 unspecified atom stereocenters. The average molecular weight is 354 g/mol. The summed E-state index contributed by atoms with van der Waals surface area (Å²) in [5, 5.41) is 2.79. The number of carbonyl (C=O) groups is 2. The summed E-state index contributed by atoms with van der Waals surface area (Å²) in [5.41, 5.74) is 2.38. The van der Waals surface area contributed by atoms with E-state index in [9.17, 15) is 9.59 Å². The molecule has 0 aromatic heterocycles. The van der Waals surface area contributed by atoms with Gasteiger partial charge in [0.15, 0.2) is 13.2 Å². The summed E-state index contributed by atoms with van der Waals surface area (Å²) in [6.07, 6.45) is 0. The average Bonchev–Trinajstić information content (AvgIpc) is 2.60. The Balaban J connectivity index is 1.67. The highest BCUT2D eigenvalue weighted by Gasteiger charge is 2.27. The minimum absolute atomic E-state index is 0.000900. The van der Waals surface area contributed by atoms with Gasteiger partial charge in [-0.15, -0.1) is 0 Å². The molecule has 0 atom stereocenters. The quantitative estimate of drug-likeness (QED) is 0.896. The number of carbonyl (C=O) groups excluding carboxylic acids is 2. The van der Waals surface area contributed by atoms with E-state index in [0.29, 0.717) is 22.9 Å². The fourth-order valence-corrected chi connectivity index (χ4v) is 2.80. The Kier molecular flexibility index (Phi) is 5.11. The molecule has 6 nitrogen and oxygen atoms in total. The van der Waals surface area contributed by atoms with Gasteiger partial charge in [-0.25, -0.2) is 0 Å². The van der Waals surface area contributed by atoms with Gasteiger partial charge in [0.2, 0.25) is 0 Å². The zero-order valence-corrected chi connectivity index (χ0v) is 15.1. The molecule has 0 aliphatic carbocycles. The van der Waals surface area contributed by atoms with Gasteiger partial charge < -0.3 is 19.7 Å². The van der Waals surface area contributed by atoms with Crippen LogP contribution in [0.2, 0.25) is 0 Å². The van der Waals surface area contributed by atoms with Crippen LogP contribution in [0.5, 0.6) is 11.5 Å². The lowest BCUT2D eigenvalue weighted by Gasteiger charge is -2.32. The zero-order valence-electron chi connectivity index (χ0n) is 15.1. The van der Waals surface area contributed by atoms with Crippen molar-refractivity contribution in [3.63, 3.8) is 0 Å². The molecule has 6 heteroatoms. The maximum Gasteiger partial charge on any atom is 0.265 e. The van der Waals surface area contributed by atoms with Gasteiger partial charge in [-0.2, -0.15) is 0 Å². The molecular formula is C20H22N2O4. The van der Waals surface area contributed by atoms with Gasteiger partial charge in [-0.05, 0) is 51.1 Å². The van der Waals surface area contributed by atoms with Crippen LogP contribution in [-0.4, -0.2) is 31.1 Å². The van der Waals surface area contributed by atoms with Crippen LogP contribution in [0, 0.1) is 6.92 Å². The van der Waals surface area contributed by atoms with Crippen molar-refractivity contribution in [2.45, 2.75) is 26.8 Å². The number of aryl methyl sites for hydroxylation is 1. The highest BCUT2D eigenvalue weighted by molar-refractivity contribution is 6.00. The number of rotatable bonds is 5. The van der Waals surface area contributed by atoms with E-state index in [1.54, 1.807) is 23.1 Å². The summed E-state index contributed by atoms with van der Waals surface area (Å²) in [7, 11) is 0. The fourth-order valence-electron chi connectivity index (χ4n) is 2.80. The second kappa shape index (κ2) is 7.47. The number of amides is 2. The number of nitrogens with one attached hydrogen (secondary N) is 1. The molecule has 0 radical (unpaired) electrons. The van der Waals surface area contributed by atoms with E-state index in [1.165, 1.54) is 0 Å². The smallest absolute Gasteiger partial charge is 0.265 e. The first-order valence-electron chi connectivity index (χ1n) is 8.52. The largest absolute Gasteiger partial charge is 0.484 e. The topological polar surface area (TPSA) is 67.9 Å². The van der Waals surface area contributed by atoms with Crippen molar-refractivity contribution < 1.29 is 19.1 Å². The molecule has 2 amide bonds. The first kappa shape index (κ1) is 17.8. The van der Waals surface area contributed by atoms with Crippen LogP contribution in [-0.2, 0) is 9.59 Å². The van der Waals surface area contributed by atoms with Crippen molar-refractivity contribution in [3.8, 4) is 11.5 Å². The first-order chi connectivity index (χ1) is 12.4. The van der Waals surface area contributed by atoms with Gasteiger partial charge in [0, 0.05) is 11.7 Å². The highest BCUT2D eigenvalue weighted by Crippen LogP contribution is 2.35. The zero-order chi connectivity index (χ0) is 18.7. The third kappa shape index (κ3) is 3.96. The summed E-state index contributed by atoms with van der Waals surface area (Å²) < 4.78 is 10.9. The molecule has 26 heavy (non-hydrogen) atoms. The summed E-state index contributed by atoms with van der Waals surface area (Å²) in [4.78, 5) is 25.9. The number of hydrogen-bond acceptors (Lipinski definition) is 4. The van der Waals surface area contributed by atoms with Crippen molar-refractivity contribution in [1.82, 2.24) is 0 Å². The molecule has 2 aromatic carbocycles. The molecule has 0 saturated heterocycles. The molecule has 3 rings (SSSR count). The minimum Gasteiger partial charge on any atom is -0.484 e. The van der Waals surface area contributed by atoms with Gasteiger partial charge in [-0.1, -0.05) is 17.7 Å². The first-order valence-corrected chi connectivity index (χ1v) is 8.52. The minimum atomic E-state index is -0.273. The van der Waals surface area contributed by atoms with Gasteiger partial charge in [0.1, 0.15) is 11.5 Å². The van der Waals surface area contributed by atoms with E-state index in [1.807, 2.05) is 45.0 Å². The number of benzene rings is 2. The predicted octanol–water partition coefficient (Wildman–Crippen LogP) is 3.15. The normalized spacial score (nSPS) is 13.2. The Morgan fingerprint density at radius 3 is 2.65 bits per heavy atom. The van der Waals surface area contributed by atoms with Crippen LogP contribution in [0.3, 0.4) is 0 Å². The fraction of sp³-hybridized carbons (Fsp3) is 0.300. The number of fused-ring (bicyclic) bond motifs is 1. The molecule has 2 aromatic rings. The maximum atomic E-state index is 12.2. The van der Waals surface area contributed by atoms with E-state index in [2.05, 4.69) is 5.32 Å². The Morgan fingerprint density at radius 1 is 1.23 bits per heavy atom. The van der Waals surface area contributed by atoms with Crippen molar-refractivity contribution >= 4 is 23.2 Å². The number of ether oxygens (including phenoxy) is 2. The van der Waals surface area contributed by atoms with Gasteiger partial charge in [0.05, 0.1) is 5.69 Å². The lowest BCUT2D eigenvalue weighted by Crippen LogP contribution is -2.43. The summed E-state index contributed by atoms with van der Waals surface area (Å²) in [6.45, 7) is 5.80. The molecular weight excluding hydrogens is 332 g/mol. The second-order valence-electron chi connectivity index (χ2n) is 6.48. The maximum absolute atomic E-state index is 12.2. The SMILES string of the molecule is Cc1ccc(OCC(=O)Nc2ccc3c(c2)N(C(C)C)C(=O)CO3)cc1. The number of hydrogen-bond donors (Lipinski definition) is 1. The van der Waals surface area contributed by atoms with Crippen molar-refractivity contribution in [2.75, 3.05) is 23.4 Å². The van der Waals surface area contributed by atoms with Crippen LogP contribution in [0.25, 0.3) is 0 Å². The van der Waals surface area contributed by atoms with E-state index in [4.69, 9.17) is 9.47 Å². The van der Waals surface area contributed by atoms with E-state index < -0.39 is 0 Å². The summed E-state index contributed by atoms with van der Waals surface area (Å²) in [5.74, 6) is 0.900. The van der Waals surface area contributed by atoms with Gasteiger partial charge in [0.25, 0.3) is 11.8 Å². The molecule has 136 valence electrons. The third-order valence-electron chi connectivity index (χ3n) is 4.03. The van der Waals surface area contributed by atoms with Crippen LogP contribution >= 0.6 is 0 Å². The van der Waals surface area contributed by atoms with Crippen LogP contribution in [0.4, 0.5) is 11.4 Å². The summed E-state index contributed by atoms with van der Waals surface area (Å²) >= 11 is 0. The number of anilines is 2. The second-order valence-corrected chi connectivity index (χ2v) is 6.48. The Hall–Kier alpha value is -3.02. The van der Waals surface area contributed by atoms with E-state index in [-0.39, 0.29) is 31.1 Å². The molecule has 1 aliphatic heterocycles. The molecule has 1 aliphatic rings. The monoisotopic (exact) mass is 354 g/mol. The Bertz CT molecular complexity index is 815. The van der Waals surface area contributed by atoms with Crippen molar-refractivity contribution in [1.29, 1.82) is 0 Å². The molecule has 0 bridgehead atoms. The highest BCUT2D eigenvalue weighted by atomic mass is 16.5. The Labute approximate surface area is 152 Å². The van der Waals surface area contributed by atoms with Crippen molar-refractivity contribution in [3.05, 3.63) is 48.0 Å².